The van der Waals surface area contributed by atoms with E-state index in [2.05, 4.69) is 55.6 Å². The quantitative estimate of drug-likeness (QED) is 0.263. The number of imidazole rings is 1. The highest BCUT2D eigenvalue weighted by atomic mass is 16.7. The molecule has 7 aliphatic rings. The number of ether oxygens (including phenoxy) is 3. The van der Waals surface area contributed by atoms with Crippen molar-refractivity contribution < 1.29 is 23.6 Å². The number of rotatable bonds is 5. The van der Waals surface area contributed by atoms with Crippen LogP contribution in [-0.2, 0) is 16.0 Å². The molecule has 9 rings (SSSR count). The molecule has 45 heavy (non-hydrogen) atoms. The number of methoxy groups -OCH3 is 1. The molecular formula is C39H53N2O4+. The van der Waals surface area contributed by atoms with E-state index in [0.717, 1.165) is 48.0 Å². The number of aromatic nitrogens is 2. The van der Waals surface area contributed by atoms with Crippen molar-refractivity contribution >= 4 is 5.78 Å². The van der Waals surface area contributed by atoms with Gasteiger partial charge < -0.3 is 14.2 Å². The average molecular weight is 614 g/mol. The molecule has 1 aromatic heterocycles. The highest BCUT2D eigenvalue weighted by Gasteiger charge is 2.79. The van der Waals surface area contributed by atoms with Crippen molar-refractivity contribution in [3.63, 3.8) is 0 Å². The summed E-state index contributed by atoms with van der Waals surface area (Å²) in [4.78, 5) is 13.2. The summed E-state index contributed by atoms with van der Waals surface area (Å²) in [5.74, 6) is 5.46. The maximum absolute atomic E-state index is 13.2. The molecular weight excluding hydrogens is 560 g/mol. The van der Waals surface area contributed by atoms with Crippen LogP contribution in [0.1, 0.15) is 102 Å². The van der Waals surface area contributed by atoms with Gasteiger partial charge in [-0.25, -0.2) is 9.13 Å². The third kappa shape index (κ3) is 3.82. The number of Topliss-reactive ketones (excluding diaryl/α,β-unsaturated/α-hetero) is 1. The number of ketones is 1. The Morgan fingerprint density at radius 1 is 1.04 bits per heavy atom. The maximum Gasteiger partial charge on any atom is 0.244 e. The number of fused-ring (bicyclic) bond motifs is 6. The van der Waals surface area contributed by atoms with Crippen LogP contribution >= 0.6 is 0 Å². The molecule has 3 heterocycles. The smallest absolute Gasteiger partial charge is 0.244 e. The van der Waals surface area contributed by atoms with Gasteiger partial charge in [0.25, 0.3) is 0 Å². The fourth-order valence-electron chi connectivity index (χ4n) is 13.4. The van der Waals surface area contributed by atoms with Gasteiger partial charge in [0.05, 0.1) is 19.8 Å². The Hall–Kier alpha value is -2.18. The summed E-state index contributed by atoms with van der Waals surface area (Å²) < 4.78 is 23.6. The molecule has 0 N–H and O–H groups in total. The standard InChI is InChI=1S/C39H53N2O4/c1-24-10-15-39(44-22-24)25(2)35-33(45-39)19-31-29-18-34(38-20-27(38)11-14-37(38,4)30(29)12-13-36(31,35)3)41-17-16-40(23-41)21-32(42)26-6-8-28(43-5)9-7-26/h6-9,16-17,23-25,27,29-31,33-35H,10-15,18-22H2,1-5H3/q+1/t24-,25+,27-,29-,30+,31+,33+,34+,35+,36+,37-,38+,39-/m1/s1. The Bertz CT molecular complexity index is 1490. The predicted octanol–water partition coefficient (Wildman–Crippen LogP) is 7.26. The van der Waals surface area contributed by atoms with Crippen molar-refractivity contribution in [2.24, 2.45) is 57.7 Å². The molecule has 5 aliphatic carbocycles. The molecule has 0 radical (unpaired) electrons. The molecule has 6 heteroatoms. The first-order chi connectivity index (χ1) is 21.6. The van der Waals surface area contributed by atoms with Gasteiger partial charge in [-0.1, -0.05) is 27.7 Å². The summed E-state index contributed by atoms with van der Waals surface area (Å²) in [6, 6.07) is 8.02. The van der Waals surface area contributed by atoms with Crippen LogP contribution in [0.5, 0.6) is 5.75 Å². The zero-order valence-corrected chi connectivity index (χ0v) is 28.0. The van der Waals surface area contributed by atoms with Crippen LogP contribution in [0.15, 0.2) is 43.0 Å². The zero-order valence-electron chi connectivity index (χ0n) is 28.0. The second-order valence-corrected chi connectivity index (χ2v) is 17.2. The van der Waals surface area contributed by atoms with Gasteiger partial charge >= 0.3 is 0 Å². The van der Waals surface area contributed by atoms with Gasteiger partial charge in [-0.15, -0.1) is 0 Å². The van der Waals surface area contributed by atoms with E-state index in [0.29, 0.717) is 52.7 Å². The van der Waals surface area contributed by atoms with E-state index in [1.165, 1.54) is 51.4 Å². The summed E-state index contributed by atoms with van der Waals surface area (Å²) in [6.07, 6.45) is 18.8. The molecule has 242 valence electrons. The molecule has 13 atom stereocenters. The van der Waals surface area contributed by atoms with Crippen LogP contribution in [0, 0.1) is 57.7 Å². The highest BCUT2D eigenvalue weighted by molar-refractivity contribution is 5.95. The summed E-state index contributed by atoms with van der Waals surface area (Å²) >= 11 is 0. The minimum absolute atomic E-state index is 0.140. The topological polar surface area (TPSA) is 53.6 Å². The van der Waals surface area contributed by atoms with E-state index in [-0.39, 0.29) is 11.6 Å². The Balaban J connectivity index is 0.995. The minimum Gasteiger partial charge on any atom is -0.497 e. The zero-order chi connectivity index (χ0) is 30.9. The first kappa shape index (κ1) is 29.0. The Morgan fingerprint density at radius 3 is 2.60 bits per heavy atom. The third-order valence-electron chi connectivity index (χ3n) is 15.7. The summed E-state index contributed by atoms with van der Waals surface area (Å²) in [5.41, 5.74) is 1.90. The second-order valence-electron chi connectivity index (χ2n) is 17.2. The van der Waals surface area contributed by atoms with Crippen LogP contribution in [0.25, 0.3) is 0 Å². The third-order valence-corrected chi connectivity index (χ3v) is 15.7. The average Bonchev–Trinajstić information content (AvgIpc) is 3.26. The van der Waals surface area contributed by atoms with E-state index < -0.39 is 0 Å². The van der Waals surface area contributed by atoms with Crippen LogP contribution in [0.3, 0.4) is 0 Å². The van der Waals surface area contributed by atoms with Gasteiger partial charge in [0, 0.05) is 23.3 Å². The molecule has 0 unspecified atom stereocenters. The molecule has 6 nitrogen and oxygen atoms in total. The lowest BCUT2D eigenvalue weighted by Gasteiger charge is -2.60. The maximum atomic E-state index is 13.2. The fraction of sp³-hybridized carbons (Fsp3) is 0.744. The van der Waals surface area contributed by atoms with E-state index in [9.17, 15) is 4.79 Å². The number of hydrogen-bond donors (Lipinski definition) is 0. The van der Waals surface area contributed by atoms with Gasteiger partial charge in [-0.3, -0.25) is 4.79 Å². The van der Waals surface area contributed by atoms with Crippen LogP contribution in [0.4, 0.5) is 0 Å². The lowest BCUT2D eigenvalue weighted by atomic mass is 9.44. The van der Waals surface area contributed by atoms with Crippen LogP contribution < -0.4 is 9.30 Å². The van der Waals surface area contributed by atoms with E-state index >= 15 is 0 Å². The first-order valence-electron chi connectivity index (χ1n) is 18.2. The molecule has 1 aromatic carbocycles. The normalized spacial score (nSPS) is 49.1. The van der Waals surface area contributed by atoms with Crippen molar-refractivity contribution in [2.45, 2.75) is 110 Å². The molecule has 7 fully saturated rings. The number of nitrogens with zero attached hydrogens (tertiary/aromatic N) is 2. The lowest BCUT2D eigenvalue weighted by molar-refractivity contribution is -0.682. The van der Waals surface area contributed by atoms with E-state index in [1.54, 1.807) is 7.11 Å². The van der Waals surface area contributed by atoms with Crippen molar-refractivity contribution in [1.82, 2.24) is 4.57 Å². The van der Waals surface area contributed by atoms with Crippen molar-refractivity contribution in [3.8, 4) is 5.75 Å². The second kappa shape index (κ2) is 9.69. The Labute approximate surface area is 269 Å². The van der Waals surface area contributed by atoms with Gasteiger partial charge in [0.15, 0.2) is 12.3 Å². The predicted molar refractivity (Wildman–Crippen MR) is 171 cm³/mol. The molecule has 2 aliphatic heterocycles. The van der Waals surface area contributed by atoms with Crippen molar-refractivity contribution in [2.75, 3.05) is 13.7 Å². The van der Waals surface area contributed by atoms with Gasteiger partial charge in [-0.05, 0) is 122 Å². The van der Waals surface area contributed by atoms with Gasteiger partial charge in [-0.2, -0.15) is 0 Å². The molecule has 2 spiro atoms. The van der Waals surface area contributed by atoms with Crippen LogP contribution in [0.2, 0.25) is 0 Å². The number of hydrogen-bond acceptors (Lipinski definition) is 4. The SMILES string of the molecule is COc1ccc(C(=O)C[n+]2ccn([C@H]3C[C@H]4[C@@H]5C[C@@H]6O[C@]7(CC[C@@H](C)CO7)[C@@H](C)[C@@H]6[C@@]5(C)CC[C@@H]4[C@@]4(C)CC[C@@H]5C[C@]534)c2)cc1. The Morgan fingerprint density at radius 2 is 1.87 bits per heavy atom. The van der Waals surface area contributed by atoms with Crippen molar-refractivity contribution in [1.29, 1.82) is 0 Å². The van der Waals surface area contributed by atoms with Crippen molar-refractivity contribution in [3.05, 3.63) is 48.5 Å². The summed E-state index contributed by atoms with van der Waals surface area (Å²) in [6.45, 7) is 11.4. The summed E-state index contributed by atoms with van der Waals surface area (Å²) in [5, 5.41) is 0. The largest absolute Gasteiger partial charge is 0.497 e. The Kier molecular flexibility index (Phi) is 6.24. The fourth-order valence-corrected chi connectivity index (χ4v) is 13.4. The minimum atomic E-state index is -0.341. The molecule has 0 bridgehead atoms. The number of benzene rings is 1. The first-order valence-corrected chi connectivity index (χ1v) is 18.2. The van der Waals surface area contributed by atoms with E-state index in [1.807, 2.05) is 24.3 Å². The highest BCUT2D eigenvalue weighted by Crippen LogP contribution is 2.84. The summed E-state index contributed by atoms with van der Waals surface area (Å²) in [7, 11) is 1.66. The molecule has 2 saturated heterocycles. The molecule has 2 aromatic rings. The van der Waals surface area contributed by atoms with E-state index in [4.69, 9.17) is 14.2 Å². The molecule has 5 saturated carbocycles. The monoisotopic (exact) mass is 613 g/mol. The number of carbonyl (C=O) groups excluding carboxylic acids is 1. The molecule has 0 amide bonds. The number of carbonyl (C=O) groups is 1. The lowest BCUT2D eigenvalue weighted by Crippen LogP contribution is -2.56. The van der Waals surface area contributed by atoms with Crippen LogP contribution in [-0.4, -0.2) is 36.0 Å². The van der Waals surface area contributed by atoms with Gasteiger partial charge in [0.2, 0.25) is 12.1 Å². The van der Waals surface area contributed by atoms with Gasteiger partial charge in [0.1, 0.15) is 24.2 Å².